The average Bonchev–Trinajstić information content (AvgIpc) is 2.58. The number of rotatable bonds is 3. The molecule has 96 valence electrons. The van der Waals surface area contributed by atoms with E-state index in [0.29, 0.717) is 13.0 Å². The smallest absolute Gasteiger partial charge is 0.286 e. The Kier molecular flexibility index (Phi) is 3.04. The van der Waals surface area contributed by atoms with Crippen molar-refractivity contribution < 1.29 is 18.1 Å². The van der Waals surface area contributed by atoms with E-state index < -0.39 is 14.9 Å². The predicted molar refractivity (Wildman–Crippen MR) is 63.1 cm³/mol. The lowest BCUT2D eigenvalue weighted by Gasteiger charge is -2.03. The Hall–Kier alpha value is -1.96. The molecule has 1 aromatic carbocycles. The molecule has 1 heterocycles. The minimum Gasteiger partial charge on any atom is -0.477 e. The van der Waals surface area contributed by atoms with E-state index in [-0.39, 0.29) is 22.0 Å². The Labute approximate surface area is 103 Å². The summed E-state index contributed by atoms with van der Waals surface area (Å²) in [5.74, 6) is 0.00162. The molecule has 0 saturated heterocycles. The summed E-state index contributed by atoms with van der Waals surface area (Å²) in [4.78, 5) is 9.78. The van der Waals surface area contributed by atoms with E-state index in [1.165, 1.54) is 12.1 Å². The van der Waals surface area contributed by atoms with Crippen LogP contribution >= 0.6 is 0 Å². The lowest BCUT2D eigenvalue weighted by molar-refractivity contribution is -0.385. The SMILES string of the molecule is CCCOC1=NS(=O)(=O)c2cc([N+](=O)[O-])ccc21. The van der Waals surface area contributed by atoms with Crippen molar-refractivity contribution in [3.05, 3.63) is 33.9 Å². The highest BCUT2D eigenvalue weighted by Crippen LogP contribution is 2.30. The Morgan fingerprint density at radius 3 is 2.78 bits per heavy atom. The molecule has 7 nitrogen and oxygen atoms in total. The van der Waals surface area contributed by atoms with Crippen molar-refractivity contribution in [2.75, 3.05) is 6.61 Å². The Bertz CT molecular complexity index is 636. The van der Waals surface area contributed by atoms with Crippen molar-refractivity contribution in [2.45, 2.75) is 18.2 Å². The quantitative estimate of drug-likeness (QED) is 0.611. The van der Waals surface area contributed by atoms with Crippen molar-refractivity contribution in [1.82, 2.24) is 0 Å². The topological polar surface area (TPSA) is 98.9 Å². The van der Waals surface area contributed by atoms with E-state index in [2.05, 4.69) is 4.40 Å². The highest BCUT2D eigenvalue weighted by molar-refractivity contribution is 7.90. The maximum absolute atomic E-state index is 11.7. The van der Waals surface area contributed by atoms with Crippen LogP contribution in [0.15, 0.2) is 27.5 Å². The van der Waals surface area contributed by atoms with Gasteiger partial charge >= 0.3 is 0 Å². The fourth-order valence-electron chi connectivity index (χ4n) is 1.53. The Balaban J connectivity index is 2.49. The number of hydrogen-bond acceptors (Lipinski definition) is 5. The first-order valence-corrected chi connectivity index (χ1v) is 6.66. The monoisotopic (exact) mass is 270 g/mol. The van der Waals surface area contributed by atoms with Crippen molar-refractivity contribution in [3.63, 3.8) is 0 Å². The second-order valence-corrected chi connectivity index (χ2v) is 5.23. The highest BCUT2D eigenvalue weighted by Gasteiger charge is 2.32. The van der Waals surface area contributed by atoms with E-state index in [4.69, 9.17) is 4.74 Å². The third kappa shape index (κ3) is 2.06. The number of benzene rings is 1. The summed E-state index contributed by atoms with van der Waals surface area (Å²) in [5, 5.41) is 10.6. The summed E-state index contributed by atoms with van der Waals surface area (Å²) in [7, 11) is -3.88. The summed E-state index contributed by atoms with van der Waals surface area (Å²) in [6.45, 7) is 2.21. The van der Waals surface area contributed by atoms with Gasteiger partial charge < -0.3 is 4.74 Å². The molecule has 0 N–H and O–H groups in total. The van der Waals surface area contributed by atoms with Gasteiger partial charge in [-0.1, -0.05) is 6.92 Å². The molecule has 8 heteroatoms. The highest BCUT2D eigenvalue weighted by atomic mass is 32.2. The molecule has 0 aromatic heterocycles. The van der Waals surface area contributed by atoms with Gasteiger partial charge in [0.1, 0.15) is 4.90 Å². The van der Waals surface area contributed by atoms with Crippen LogP contribution in [-0.4, -0.2) is 25.8 Å². The lowest BCUT2D eigenvalue weighted by Crippen LogP contribution is -2.05. The molecule has 0 unspecified atom stereocenters. The van der Waals surface area contributed by atoms with Crippen LogP contribution in [0.2, 0.25) is 0 Å². The fraction of sp³-hybridized carbons (Fsp3) is 0.300. The standard InChI is InChI=1S/C10H10N2O5S/c1-2-5-17-10-8-4-3-7(12(13)14)6-9(8)18(15,16)11-10/h3-4,6H,2,5H2,1H3. The van der Waals surface area contributed by atoms with Gasteiger partial charge in [-0.15, -0.1) is 4.40 Å². The number of nitrogens with zero attached hydrogens (tertiary/aromatic N) is 2. The summed E-state index contributed by atoms with van der Waals surface area (Å²) < 4.78 is 32.1. The van der Waals surface area contributed by atoms with Gasteiger partial charge in [0.2, 0.25) is 5.90 Å². The van der Waals surface area contributed by atoms with Crippen LogP contribution in [0.25, 0.3) is 0 Å². The van der Waals surface area contributed by atoms with Crippen LogP contribution < -0.4 is 0 Å². The van der Waals surface area contributed by atoms with Gasteiger partial charge in [0.25, 0.3) is 15.7 Å². The summed E-state index contributed by atoms with van der Waals surface area (Å²) >= 11 is 0. The largest absolute Gasteiger partial charge is 0.477 e. The second-order valence-electron chi connectivity index (χ2n) is 3.66. The third-order valence-electron chi connectivity index (χ3n) is 2.33. The first-order valence-electron chi connectivity index (χ1n) is 5.22. The molecule has 0 radical (unpaired) electrons. The van der Waals surface area contributed by atoms with Gasteiger partial charge in [0.15, 0.2) is 0 Å². The Morgan fingerprint density at radius 1 is 1.44 bits per heavy atom. The van der Waals surface area contributed by atoms with Crippen LogP contribution in [0.4, 0.5) is 5.69 Å². The van der Waals surface area contributed by atoms with E-state index >= 15 is 0 Å². The molecule has 0 fully saturated rings. The first kappa shape index (κ1) is 12.5. The van der Waals surface area contributed by atoms with Crippen molar-refractivity contribution in [1.29, 1.82) is 0 Å². The van der Waals surface area contributed by atoms with Gasteiger partial charge in [0.05, 0.1) is 17.1 Å². The molecule has 0 aliphatic carbocycles. The van der Waals surface area contributed by atoms with Crippen molar-refractivity contribution in [3.8, 4) is 0 Å². The minimum absolute atomic E-state index is 0.00162. The minimum atomic E-state index is -3.88. The van der Waals surface area contributed by atoms with Crippen LogP contribution in [-0.2, 0) is 14.8 Å². The molecular formula is C10H10N2O5S. The fourth-order valence-corrected chi connectivity index (χ4v) is 2.70. The van der Waals surface area contributed by atoms with Gasteiger partial charge in [-0.3, -0.25) is 10.1 Å². The zero-order valence-corrected chi connectivity index (χ0v) is 10.3. The van der Waals surface area contributed by atoms with Crippen molar-refractivity contribution >= 4 is 21.6 Å². The molecule has 2 rings (SSSR count). The Morgan fingerprint density at radius 2 is 2.17 bits per heavy atom. The normalized spacial score (nSPS) is 15.9. The molecule has 18 heavy (non-hydrogen) atoms. The predicted octanol–water partition coefficient (Wildman–Crippen LogP) is 1.47. The van der Waals surface area contributed by atoms with Crippen LogP contribution in [0.5, 0.6) is 0 Å². The zero-order valence-electron chi connectivity index (χ0n) is 9.49. The summed E-state index contributed by atoms with van der Waals surface area (Å²) in [5.41, 5.74) is -0.0154. The molecule has 0 bridgehead atoms. The molecule has 0 amide bonds. The number of non-ortho nitro benzene ring substituents is 1. The summed E-state index contributed by atoms with van der Waals surface area (Å²) in [6.07, 6.45) is 0.710. The van der Waals surface area contributed by atoms with Gasteiger partial charge in [-0.2, -0.15) is 8.42 Å². The van der Waals surface area contributed by atoms with Gasteiger partial charge in [0, 0.05) is 12.1 Å². The first-order chi connectivity index (χ1) is 8.45. The molecule has 0 atom stereocenters. The van der Waals surface area contributed by atoms with Crippen LogP contribution in [0.3, 0.4) is 0 Å². The number of sulfonamides is 1. The van der Waals surface area contributed by atoms with E-state index in [9.17, 15) is 18.5 Å². The maximum Gasteiger partial charge on any atom is 0.286 e. The zero-order chi connectivity index (χ0) is 13.3. The van der Waals surface area contributed by atoms with Crippen molar-refractivity contribution in [2.24, 2.45) is 4.40 Å². The molecule has 1 aliphatic heterocycles. The number of fused-ring (bicyclic) bond motifs is 1. The van der Waals surface area contributed by atoms with E-state index in [1.807, 2.05) is 6.92 Å². The number of ether oxygens (including phenoxy) is 1. The number of nitro groups is 1. The molecule has 1 aliphatic rings. The number of nitro benzene ring substituents is 1. The average molecular weight is 270 g/mol. The lowest BCUT2D eigenvalue weighted by atomic mass is 10.2. The second kappa shape index (κ2) is 4.37. The maximum atomic E-state index is 11.7. The molecule has 1 aromatic rings. The number of hydrogen-bond donors (Lipinski definition) is 0. The van der Waals surface area contributed by atoms with Gasteiger partial charge in [-0.25, -0.2) is 0 Å². The van der Waals surface area contributed by atoms with E-state index in [1.54, 1.807) is 0 Å². The molecule has 0 saturated carbocycles. The van der Waals surface area contributed by atoms with E-state index in [0.717, 1.165) is 6.07 Å². The van der Waals surface area contributed by atoms with Crippen LogP contribution in [0.1, 0.15) is 18.9 Å². The molecule has 0 spiro atoms. The van der Waals surface area contributed by atoms with Gasteiger partial charge in [-0.05, 0) is 12.5 Å². The third-order valence-corrected chi connectivity index (χ3v) is 3.63. The van der Waals surface area contributed by atoms with Crippen LogP contribution in [0, 0.1) is 10.1 Å². The summed E-state index contributed by atoms with van der Waals surface area (Å²) in [6, 6.07) is 3.56. The molecular weight excluding hydrogens is 260 g/mol.